The molecule has 0 spiro atoms. The van der Waals surface area contributed by atoms with Crippen molar-refractivity contribution in [2.45, 2.75) is 13.0 Å². The van der Waals surface area contributed by atoms with Crippen LogP contribution in [0.4, 0.5) is 0 Å². The lowest BCUT2D eigenvalue weighted by atomic mass is 10.3. The average Bonchev–Trinajstić information content (AvgIpc) is 2.50. The number of rotatable bonds is 4. The van der Waals surface area contributed by atoms with E-state index < -0.39 is 27.5 Å². The van der Waals surface area contributed by atoms with Crippen LogP contribution in [0.15, 0.2) is 0 Å². The molecule has 1 atom stereocenters. The summed E-state index contributed by atoms with van der Waals surface area (Å²) < 4.78 is 21.6. The molecule has 0 aliphatic rings. The van der Waals surface area contributed by atoms with Crippen LogP contribution in [0, 0.1) is 0 Å². The van der Waals surface area contributed by atoms with Crippen molar-refractivity contribution < 1.29 is 13.2 Å². The van der Waals surface area contributed by atoms with Crippen LogP contribution in [-0.2, 0) is 14.6 Å². The lowest BCUT2D eigenvalue weighted by Crippen LogP contribution is -2.32. The number of hydrogen-bond acceptors (Lipinski definition) is 6. The van der Waals surface area contributed by atoms with Gasteiger partial charge in [0.15, 0.2) is 15.7 Å². The zero-order chi connectivity index (χ0) is 11.5. The Morgan fingerprint density at radius 3 is 2.73 bits per heavy atom. The van der Waals surface area contributed by atoms with Crippen LogP contribution < -0.4 is 5.32 Å². The second kappa shape index (κ2) is 4.34. The van der Waals surface area contributed by atoms with E-state index in [0.717, 1.165) is 6.26 Å². The number of H-pyrrole nitrogens is 1. The lowest BCUT2D eigenvalue weighted by Gasteiger charge is -2.08. The predicted octanol–water partition coefficient (Wildman–Crippen LogP) is -1.58. The maximum absolute atomic E-state index is 11.2. The highest BCUT2D eigenvalue weighted by atomic mass is 32.2. The number of aromatic nitrogens is 4. The minimum atomic E-state index is -3.31. The summed E-state index contributed by atoms with van der Waals surface area (Å²) in [4.78, 5) is 11.2. The predicted molar refractivity (Wildman–Crippen MR) is 50.4 cm³/mol. The zero-order valence-corrected chi connectivity index (χ0v) is 9.08. The highest BCUT2D eigenvalue weighted by Crippen LogP contribution is 2.02. The monoisotopic (exact) mass is 233 g/mol. The summed E-state index contributed by atoms with van der Waals surface area (Å²) in [7, 11) is -3.31. The average molecular weight is 233 g/mol. The lowest BCUT2D eigenvalue weighted by molar-refractivity contribution is -0.119. The van der Waals surface area contributed by atoms with E-state index >= 15 is 0 Å². The number of hydrogen-bond donors (Lipinski definition) is 2. The number of carbonyl (C=O) groups is 1. The Hall–Kier alpha value is -1.51. The molecule has 9 heteroatoms. The van der Waals surface area contributed by atoms with Crippen molar-refractivity contribution in [2.24, 2.45) is 0 Å². The third-order valence-corrected chi connectivity index (χ3v) is 2.31. The molecule has 0 radical (unpaired) electrons. The molecule has 1 aromatic rings. The van der Waals surface area contributed by atoms with Crippen LogP contribution in [0.25, 0.3) is 0 Å². The van der Waals surface area contributed by atoms with E-state index in [-0.39, 0.29) is 0 Å². The summed E-state index contributed by atoms with van der Waals surface area (Å²) in [5.74, 6) is -0.832. The third kappa shape index (κ3) is 4.02. The van der Waals surface area contributed by atoms with Gasteiger partial charge >= 0.3 is 0 Å². The molecule has 1 heterocycles. The quantitative estimate of drug-likeness (QED) is 0.648. The molecule has 0 aromatic carbocycles. The molecule has 0 aliphatic heterocycles. The molecule has 0 saturated carbocycles. The minimum Gasteiger partial charge on any atom is -0.345 e. The summed E-state index contributed by atoms with van der Waals surface area (Å²) in [5.41, 5.74) is 0. The fourth-order valence-corrected chi connectivity index (χ4v) is 1.50. The van der Waals surface area contributed by atoms with E-state index in [1.807, 2.05) is 0 Å². The Morgan fingerprint density at radius 2 is 2.27 bits per heavy atom. The first-order valence-corrected chi connectivity index (χ1v) is 6.15. The van der Waals surface area contributed by atoms with Gasteiger partial charge in [-0.1, -0.05) is 5.21 Å². The normalized spacial score (nSPS) is 13.5. The SMILES string of the molecule is CC(NC(=O)CS(C)(=O)=O)c1nn[nH]n1. The second-order valence-electron chi connectivity index (χ2n) is 3.13. The van der Waals surface area contributed by atoms with Crippen molar-refractivity contribution in [3.63, 3.8) is 0 Å². The van der Waals surface area contributed by atoms with Crippen molar-refractivity contribution >= 4 is 15.7 Å². The summed E-state index contributed by atoms with van der Waals surface area (Å²) in [6.07, 6.45) is 0.992. The standard InChI is InChI=1S/C6H11N5O3S/c1-4(6-8-10-11-9-6)7-5(12)3-15(2,13)14/h4H,3H2,1-2H3,(H,7,12)(H,8,9,10,11). The molecule has 1 unspecified atom stereocenters. The van der Waals surface area contributed by atoms with Crippen LogP contribution in [0.2, 0.25) is 0 Å². The smallest absolute Gasteiger partial charge is 0.235 e. The second-order valence-corrected chi connectivity index (χ2v) is 5.27. The van der Waals surface area contributed by atoms with E-state index in [9.17, 15) is 13.2 Å². The largest absolute Gasteiger partial charge is 0.345 e. The topological polar surface area (TPSA) is 118 Å². The highest BCUT2D eigenvalue weighted by Gasteiger charge is 2.16. The molecule has 1 rings (SSSR count). The number of tetrazole rings is 1. The summed E-state index contributed by atoms with van der Waals surface area (Å²) >= 11 is 0. The molecule has 84 valence electrons. The number of nitrogens with zero attached hydrogens (tertiary/aromatic N) is 3. The van der Waals surface area contributed by atoms with Gasteiger partial charge in [-0.15, -0.1) is 10.2 Å². The van der Waals surface area contributed by atoms with Crippen LogP contribution in [0.5, 0.6) is 0 Å². The Bertz CT molecular complexity index is 426. The molecule has 8 nitrogen and oxygen atoms in total. The van der Waals surface area contributed by atoms with Gasteiger partial charge in [-0.3, -0.25) is 4.79 Å². The number of nitrogens with one attached hydrogen (secondary N) is 2. The summed E-state index contributed by atoms with van der Waals surface area (Å²) in [6.45, 7) is 1.63. The van der Waals surface area contributed by atoms with E-state index in [1.54, 1.807) is 6.92 Å². The van der Waals surface area contributed by atoms with Crippen molar-refractivity contribution in [1.29, 1.82) is 0 Å². The molecular weight excluding hydrogens is 222 g/mol. The molecule has 0 fully saturated rings. The minimum absolute atomic E-state index is 0.303. The molecule has 1 amide bonds. The number of carbonyl (C=O) groups excluding carboxylic acids is 1. The Balaban J connectivity index is 2.53. The first-order chi connectivity index (χ1) is 6.88. The van der Waals surface area contributed by atoms with E-state index in [1.165, 1.54) is 0 Å². The van der Waals surface area contributed by atoms with Crippen LogP contribution in [0.1, 0.15) is 18.8 Å². The third-order valence-electron chi connectivity index (χ3n) is 1.52. The van der Waals surface area contributed by atoms with Crippen molar-refractivity contribution in [3.8, 4) is 0 Å². The molecule has 1 aromatic heterocycles. The van der Waals surface area contributed by atoms with E-state index in [0.29, 0.717) is 5.82 Å². The fourth-order valence-electron chi connectivity index (χ4n) is 0.939. The maximum atomic E-state index is 11.2. The van der Waals surface area contributed by atoms with Crippen molar-refractivity contribution in [2.75, 3.05) is 12.0 Å². The van der Waals surface area contributed by atoms with Crippen molar-refractivity contribution in [3.05, 3.63) is 5.82 Å². The number of amides is 1. The van der Waals surface area contributed by atoms with E-state index in [2.05, 4.69) is 25.9 Å². The zero-order valence-electron chi connectivity index (χ0n) is 8.26. The van der Waals surface area contributed by atoms with Gasteiger partial charge in [0.1, 0.15) is 5.75 Å². The van der Waals surface area contributed by atoms with Gasteiger partial charge < -0.3 is 5.32 Å². The summed E-state index contributed by atoms with van der Waals surface area (Å²) in [6, 6.07) is -0.474. The van der Waals surface area contributed by atoms with Gasteiger partial charge in [-0.25, -0.2) is 8.42 Å². The van der Waals surface area contributed by atoms with Gasteiger partial charge in [-0.2, -0.15) is 5.21 Å². The van der Waals surface area contributed by atoms with Crippen LogP contribution in [-0.4, -0.2) is 47.0 Å². The number of sulfone groups is 1. The molecule has 15 heavy (non-hydrogen) atoms. The Morgan fingerprint density at radius 1 is 1.60 bits per heavy atom. The molecule has 0 bridgehead atoms. The van der Waals surface area contributed by atoms with E-state index in [4.69, 9.17) is 0 Å². The summed E-state index contributed by atoms with van der Waals surface area (Å²) in [5, 5.41) is 15.3. The molecule has 0 aliphatic carbocycles. The molecular formula is C6H11N5O3S. The molecule has 2 N–H and O–H groups in total. The maximum Gasteiger partial charge on any atom is 0.235 e. The van der Waals surface area contributed by atoms with Gasteiger partial charge in [-0.05, 0) is 6.92 Å². The van der Waals surface area contributed by atoms with Gasteiger partial charge in [0.2, 0.25) is 5.91 Å². The van der Waals surface area contributed by atoms with Gasteiger partial charge in [0.25, 0.3) is 0 Å². The van der Waals surface area contributed by atoms with Crippen LogP contribution >= 0.6 is 0 Å². The number of aromatic amines is 1. The van der Waals surface area contributed by atoms with Crippen molar-refractivity contribution in [1.82, 2.24) is 25.9 Å². The highest BCUT2D eigenvalue weighted by molar-refractivity contribution is 7.91. The van der Waals surface area contributed by atoms with Gasteiger partial charge in [0.05, 0.1) is 6.04 Å². The van der Waals surface area contributed by atoms with Crippen LogP contribution in [0.3, 0.4) is 0 Å². The first-order valence-electron chi connectivity index (χ1n) is 4.09. The van der Waals surface area contributed by atoms with Gasteiger partial charge in [0, 0.05) is 6.26 Å². The first kappa shape index (κ1) is 11.6. The molecule has 0 saturated heterocycles. The Labute approximate surface area is 86.4 Å². The Kier molecular flexibility index (Phi) is 3.35. The fraction of sp³-hybridized carbons (Fsp3) is 0.667.